The SMILES string of the molecule is CNC(C)c1ccc(-c2cc(C)c(OC)c(C)c2)cc1. The van der Waals surface area contributed by atoms with Crippen LogP contribution in [0.1, 0.15) is 29.7 Å². The minimum absolute atomic E-state index is 0.378. The summed E-state index contributed by atoms with van der Waals surface area (Å²) in [6, 6.07) is 13.5. The summed E-state index contributed by atoms with van der Waals surface area (Å²) in [7, 11) is 3.71. The van der Waals surface area contributed by atoms with Crippen molar-refractivity contribution in [3.05, 3.63) is 53.1 Å². The first kappa shape index (κ1) is 14.6. The number of hydrogen-bond donors (Lipinski definition) is 1. The third-order valence-electron chi connectivity index (χ3n) is 3.84. The number of hydrogen-bond acceptors (Lipinski definition) is 2. The van der Waals surface area contributed by atoms with Crippen molar-refractivity contribution >= 4 is 0 Å². The fourth-order valence-corrected chi connectivity index (χ4v) is 2.57. The fourth-order valence-electron chi connectivity index (χ4n) is 2.57. The molecule has 0 saturated heterocycles. The second-order valence-electron chi connectivity index (χ2n) is 5.28. The van der Waals surface area contributed by atoms with Gasteiger partial charge < -0.3 is 10.1 Å². The van der Waals surface area contributed by atoms with Gasteiger partial charge in [0.2, 0.25) is 0 Å². The predicted octanol–water partition coefficient (Wildman–Crippen LogP) is 4.26. The van der Waals surface area contributed by atoms with Crippen molar-refractivity contribution in [1.29, 1.82) is 0 Å². The van der Waals surface area contributed by atoms with Gasteiger partial charge in [0.25, 0.3) is 0 Å². The molecule has 20 heavy (non-hydrogen) atoms. The van der Waals surface area contributed by atoms with Crippen LogP contribution in [-0.4, -0.2) is 14.2 Å². The predicted molar refractivity (Wildman–Crippen MR) is 85.4 cm³/mol. The average Bonchev–Trinajstić information content (AvgIpc) is 2.46. The number of rotatable bonds is 4. The zero-order valence-electron chi connectivity index (χ0n) is 12.9. The zero-order valence-corrected chi connectivity index (χ0v) is 12.9. The first-order valence-electron chi connectivity index (χ1n) is 6.99. The summed E-state index contributed by atoms with van der Waals surface area (Å²) in [6.45, 7) is 6.34. The molecule has 2 aromatic rings. The maximum atomic E-state index is 5.42. The molecule has 0 saturated carbocycles. The molecule has 0 aromatic heterocycles. The Morgan fingerprint density at radius 1 is 0.950 bits per heavy atom. The van der Waals surface area contributed by atoms with Crippen LogP contribution >= 0.6 is 0 Å². The quantitative estimate of drug-likeness (QED) is 0.895. The highest BCUT2D eigenvalue weighted by atomic mass is 16.5. The summed E-state index contributed by atoms with van der Waals surface area (Å²) in [6.07, 6.45) is 0. The second kappa shape index (κ2) is 6.10. The van der Waals surface area contributed by atoms with Crippen LogP contribution in [-0.2, 0) is 0 Å². The maximum absolute atomic E-state index is 5.42. The molecule has 2 rings (SSSR count). The molecule has 0 aliphatic heterocycles. The molecule has 0 bridgehead atoms. The molecule has 0 spiro atoms. The van der Waals surface area contributed by atoms with E-state index in [-0.39, 0.29) is 0 Å². The molecule has 1 N–H and O–H groups in total. The molecular formula is C18H23NO. The van der Waals surface area contributed by atoms with Crippen LogP contribution in [0, 0.1) is 13.8 Å². The molecule has 1 atom stereocenters. The van der Waals surface area contributed by atoms with Crippen LogP contribution in [0.2, 0.25) is 0 Å². The number of aryl methyl sites for hydroxylation is 2. The van der Waals surface area contributed by atoms with Crippen molar-refractivity contribution in [2.75, 3.05) is 14.2 Å². The minimum atomic E-state index is 0.378. The van der Waals surface area contributed by atoms with E-state index in [0.29, 0.717) is 6.04 Å². The van der Waals surface area contributed by atoms with Crippen molar-refractivity contribution in [3.8, 4) is 16.9 Å². The molecule has 2 heteroatoms. The Balaban J connectivity index is 2.37. The van der Waals surface area contributed by atoms with E-state index in [1.165, 1.54) is 27.8 Å². The lowest BCUT2D eigenvalue weighted by Gasteiger charge is -2.13. The van der Waals surface area contributed by atoms with Crippen molar-refractivity contribution in [2.24, 2.45) is 0 Å². The van der Waals surface area contributed by atoms with E-state index in [2.05, 4.69) is 62.5 Å². The number of benzene rings is 2. The molecule has 2 aromatic carbocycles. The minimum Gasteiger partial charge on any atom is -0.496 e. The largest absolute Gasteiger partial charge is 0.496 e. The van der Waals surface area contributed by atoms with Gasteiger partial charge >= 0.3 is 0 Å². The van der Waals surface area contributed by atoms with Gasteiger partial charge in [0.05, 0.1) is 7.11 Å². The van der Waals surface area contributed by atoms with Gasteiger partial charge in [-0.2, -0.15) is 0 Å². The molecule has 2 nitrogen and oxygen atoms in total. The third kappa shape index (κ3) is 2.86. The highest BCUT2D eigenvalue weighted by Gasteiger charge is 2.08. The second-order valence-corrected chi connectivity index (χ2v) is 5.28. The third-order valence-corrected chi connectivity index (χ3v) is 3.84. The van der Waals surface area contributed by atoms with Gasteiger partial charge in [0.15, 0.2) is 0 Å². The molecule has 0 amide bonds. The Morgan fingerprint density at radius 3 is 1.95 bits per heavy atom. The fraction of sp³-hybridized carbons (Fsp3) is 0.333. The van der Waals surface area contributed by atoms with Gasteiger partial charge in [-0.3, -0.25) is 0 Å². The van der Waals surface area contributed by atoms with Crippen molar-refractivity contribution in [3.63, 3.8) is 0 Å². The van der Waals surface area contributed by atoms with Gasteiger partial charge in [0, 0.05) is 6.04 Å². The van der Waals surface area contributed by atoms with Gasteiger partial charge in [-0.15, -0.1) is 0 Å². The summed E-state index contributed by atoms with van der Waals surface area (Å²) in [5.41, 5.74) is 6.14. The molecule has 0 heterocycles. The van der Waals surface area contributed by atoms with E-state index >= 15 is 0 Å². The Bertz CT molecular complexity index is 564. The highest BCUT2D eigenvalue weighted by Crippen LogP contribution is 2.30. The Hall–Kier alpha value is -1.80. The lowest BCUT2D eigenvalue weighted by atomic mass is 9.98. The molecular weight excluding hydrogens is 246 g/mol. The van der Waals surface area contributed by atoms with Crippen molar-refractivity contribution < 1.29 is 4.74 Å². The Morgan fingerprint density at radius 2 is 1.50 bits per heavy atom. The first-order chi connectivity index (χ1) is 9.56. The number of ether oxygens (including phenoxy) is 1. The highest BCUT2D eigenvalue weighted by molar-refractivity contribution is 5.67. The van der Waals surface area contributed by atoms with Gasteiger partial charge in [-0.25, -0.2) is 0 Å². The van der Waals surface area contributed by atoms with Gasteiger partial charge in [0.1, 0.15) is 5.75 Å². The smallest absolute Gasteiger partial charge is 0.124 e. The zero-order chi connectivity index (χ0) is 14.7. The van der Waals surface area contributed by atoms with Crippen LogP contribution in [0.25, 0.3) is 11.1 Å². The van der Waals surface area contributed by atoms with Crippen LogP contribution < -0.4 is 10.1 Å². The van der Waals surface area contributed by atoms with E-state index < -0.39 is 0 Å². The van der Waals surface area contributed by atoms with Crippen molar-refractivity contribution in [1.82, 2.24) is 5.32 Å². The first-order valence-corrected chi connectivity index (χ1v) is 6.99. The van der Waals surface area contributed by atoms with Gasteiger partial charge in [-0.05, 0) is 67.8 Å². The Kier molecular flexibility index (Phi) is 4.46. The Labute approximate surface area is 121 Å². The molecule has 0 fully saturated rings. The number of methoxy groups -OCH3 is 1. The topological polar surface area (TPSA) is 21.3 Å². The molecule has 1 unspecified atom stereocenters. The average molecular weight is 269 g/mol. The normalized spacial score (nSPS) is 12.2. The molecule has 106 valence electrons. The van der Waals surface area contributed by atoms with E-state index in [1.807, 2.05) is 7.05 Å². The van der Waals surface area contributed by atoms with E-state index in [1.54, 1.807) is 7.11 Å². The van der Waals surface area contributed by atoms with Crippen LogP contribution in [0.5, 0.6) is 5.75 Å². The summed E-state index contributed by atoms with van der Waals surface area (Å²) in [5.74, 6) is 0.981. The van der Waals surface area contributed by atoms with E-state index in [4.69, 9.17) is 4.74 Å². The van der Waals surface area contributed by atoms with Crippen LogP contribution in [0.4, 0.5) is 0 Å². The van der Waals surface area contributed by atoms with Gasteiger partial charge in [-0.1, -0.05) is 24.3 Å². The monoisotopic (exact) mass is 269 g/mol. The lowest BCUT2D eigenvalue weighted by Crippen LogP contribution is -2.11. The number of nitrogens with one attached hydrogen (secondary N) is 1. The summed E-state index contributed by atoms with van der Waals surface area (Å²) >= 11 is 0. The molecule has 0 aliphatic carbocycles. The summed E-state index contributed by atoms with van der Waals surface area (Å²) in [4.78, 5) is 0. The van der Waals surface area contributed by atoms with E-state index in [0.717, 1.165) is 5.75 Å². The van der Waals surface area contributed by atoms with Crippen LogP contribution in [0.3, 0.4) is 0 Å². The summed E-state index contributed by atoms with van der Waals surface area (Å²) in [5, 5.41) is 3.26. The molecule has 0 radical (unpaired) electrons. The standard InChI is InChI=1S/C18H23NO/c1-12-10-17(11-13(2)18(12)20-5)16-8-6-15(7-9-16)14(3)19-4/h6-11,14,19H,1-5H3. The van der Waals surface area contributed by atoms with E-state index in [9.17, 15) is 0 Å². The molecule has 0 aliphatic rings. The van der Waals surface area contributed by atoms with Crippen LogP contribution in [0.15, 0.2) is 36.4 Å². The summed E-state index contributed by atoms with van der Waals surface area (Å²) < 4.78 is 5.42. The lowest BCUT2D eigenvalue weighted by molar-refractivity contribution is 0.408. The maximum Gasteiger partial charge on any atom is 0.124 e. The van der Waals surface area contributed by atoms with Crippen molar-refractivity contribution in [2.45, 2.75) is 26.8 Å².